The van der Waals surface area contributed by atoms with E-state index in [9.17, 15) is 13.6 Å². The monoisotopic (exact) mass is 345 g/mol. The third-order valence-corrected chi connectivity index (χ3v) is 3.59. The van der Waals surface area contributed by atoms with E-state index in [1.54, 1.807) is 6.07 Å². The molecule has 0 fully saturated rings. The van der Waals surface area contributed by atoms with Crippen LogP contribution >= 0.6 is 27.5 Å². The van der Waals surface area contributed by atoms with Gasteiger partial charge in [-0.3, -0.25) is 4.79 Å². The zero-order valence-corrected chi connectivity index (χ0v) is 11.7. The molecule has 0 aromatic heterocycles. The summed E-state index contributed by atoms with van der Waals surface area (Å²) in [5.41, 5.74) is 0.0286. The highest BCUT2D eigenvalue weighted by Gasteiger charge is 2.11. The third-order valence-electron chi connectivity index (χ3n) is 2.36. The van der Waals surface area contributed by atoms with Gasteiger partial charge in [0.2, 0.25) is 0 Å². The molecule has 0 saturated heterocycles. The number of hydrogen-bond acceptors (Lipinski definition) is 1. The van der Waals surface area contributed by atoms with E-state index in [-0.39, 0.29) is 11.3 Å². The highest BCUT2D eigenvalue weighted by molar-refractivity contribution is 9.10. The Morgan fingerprint density at radius 3 is 2.58 bits per heavy atom. The predicted molar refractivity (Wildman–Crippen MR) is 73.5 cm³/mol. The quantitative estimate of drug-likeness (QED) is 0.844. The summed E-state index contributed by atoms with van der Waals surface area (Å²) in [7, 11) is 0. The molecule has 1 amide bonds. The molecule has 2 rings (SSSR count). The normalized spacial score (nSPS) is 10.3. The van der Waals surface area contributed by atoms with Crippen molar-refractivity contribution in [3.05, 3.63) is 63.1 Å². The Bertz CT molecular complexity index is 649. The zero-order chi connectivity index (χ0) is 14.0. The second kappa shape index (κ2) is 5.67. The van der Waals surface area contributed by atoms with Crippen molar-refractivity contribution in [2.45, 2.75) is 0 Å². The number of carbonyl (C=O) groups excluding carboxylic acids is 1. The molecule has 2 aromatic carbocycles. The standard InChI is InChI=1S/C13H7BrClF2NO/c14-9-3-1-7(5-10(9)15)13(19)18-12-6-8(16)2-4-11(12)17/h1-6H,(H,18,19). The van der Waals surface area contributed by atoms with Gasteiger partial charge >= 0.3 is 0 Å². The van der Waals surface area contributed by atoms with Crippen molar-refractivity contribution in [3.63, 3.8) is 0 Å². The van der Waals surface area contributed by atoms with Crippen LogP contribution in [0.3, 0.4) is 0 Å². The Morgan fingerprint density at radius 1 is 1.16 bits per heavy atom. The lowest BCUT2D eigenvalue weighted by atomic mass is 10.2. The van der Waals surface area contributed by atoms with E-state index >= 15 is 0 Å². The number of rotatable bonds is 2. The van der Waals surface area contributed by atoms with Gasteiger partial charge in [-0.2, -0.15) is 0 Å². The topological polar surface area (TPSA) is 29.1 Å². The van der Waals surface area contributed by atoms with Gasteiger partial charge in [0.05, 0.1) is 10.7 Å². The summed E-state index contributed by atoms with van der Waals surface area (Å²) in [5, 5.41) is 2.64. The van der Waals surface area contributed by atoms with Crippen molar-refractivity contribution < 1.29 is 13.6 Å². The van der Waals surface area contributed by atoms with Gasteiger partial charge in [0.25, 0.3) is 5.91 Å². The van der Waals surface area contributed by atoms with Crippen LogP contribution in [-0.2, 0) is 0 Å². The molecule has 6 heteroatoms. The number of carbonyl (C=O) groups is 1. The first-order valence-electron chi connectivity index (χ1n) is 5.19. The highest BCUT2D eigenvalue weighted by Crippen LogP contribution is 2.24. The molecule has 0 spiro atoms. The van der Waals surface area contributed by atoms with Crippen molar-refractivity contribution >= 4 is 39.1 Å². The van der Waals surface area contributed by atoms with E-state index < -0.39 is 17.5 Å². The summed E-state index contributed by atoms with van der Waals surface area (Å²) in [6, 6.07) is 7.37. The Labute approximate surface area is 121 Å². The summed E-state index contributed by atoms with van der Waals surface area (Å²) < 4.78 is 27.0. The Morgan fingerprint density at radius 2 is 1.89 bits per heavy atom. The maximum atomic E-state index is 13.4. The summed E-state index contributed by atoms with van der Waals surface area (Å²) in [6.07, 6.45) is 0. The van der Waals surface area contributed by atoms with E-state index in [1.165, 1.54) is 12.1 Å². The molecule has 2 nitrogen and oxygen atoms in total. The van der Waals surface area contributed by atoms with Crippen molar-refractivity contribution in [3.8, 4) is 0 Å². The summed E-state index contributed by atoms with van der Waals surface area (Å²) >= 11 is 9.05. The summed E-state index contributed by atoms with van der Waals surface area (Å²) in [4.78, 5) is 11.9. The fourth-order valence-electron chi connectivity index (χ4n) is 1.43. The molecular weight excluding hydrogens is 340 g/mol. The maximum Gasteiger partial charge on any atom is 0.255 e. The zero-order valence-electron chi connectivity index (χ0n) is 9.38. The number of amides is 1. The number of nitrogens with one attached hydrogen (secondary N) is 1. The second-order valence-corrected chi connectivity index (χ2v) is 4.97. The fourth-order valence-corrected chi connectivity index (χ4v) is 1.85. The number of anilines is 1. The van der Waals surface area contributed by atoms with Crippen LogP contribution in [0.4, 0.5) is 14.5 Å². The Balaban J connectivity index is 2.25. The molecule has 0 bridgehead atoms. The lowest BCUT2D eigenvalue weighted by Crippen LogP contribution is -2.13. The van der Waals surface area contributed by atoms with Crippen LogP contribution in [0.2, 0.25) is 5.02 Å². The molecule has 0 radical (unpaired) electrons. The van der Waals surface area contributed by atoms with Gasteiger partial charge in [-0.1, -0.05) is 11.6 Å². The van der Waals surface area contributed by atoms with Gasteiger partial charge < -0.3 is 5.32 Å². The Hall–Kier alpha value is -1.46. The third kappa shape index (κ3) is 3.30. The van der Waals surface area contributed by atoms with Gasteiger partial charge in [-0.05, 0) is 46.3 Å². The number of benzene rings is 2. The fraction of sp³-hybridized carbons (Fsp3) is 0. The van der Waals surface area contributed by atoms with Gasteiger partial charge in [-0.25, -0.2) is 8.78 Å². The first-order chi connectivity index (χ1) is 8.97. The molecule has 98 valence electrons. The molecule has 0 aliphatic carbocycles. The molecular formula is C13H7BrClF2NO. The van der Waals surface area contributed by atoms with Crippen molar-refractivity contribution in [2.24, 2.45) is 0 Å². The van der Waals surface area contributed by atoms with E-state index in [0.717, 1.165) is 18.2 Å². The van der Waals surface area contributed by atoms with Crippen molar-refractivity contribution in [1.29, 1.82) is 0 Å². The van der Waals surface area contributed by atoms with Crippen LogP contribution in [-0.4, -0.2) is 5.91 Å². The van der Waals surface area contributed by atoms with Gasteiger partial charge in [0.15, 0.2) is 0 Å². The molecule has 2 aromatic rings. The van der Waals surface area contributed by atoms with Gasteiger partial charge in [0.1, 0.15) is 11.6 Å². The van der Waals surface area contributed by atoms with Crippen LogP contribution in [0.1, 0.15) is 10.4 Å². The van der Waals surface area contributed by atoms with E-state index in [0.29, 0.717) is 9.50 Å². The van der Waals surface area contributed by atoms with Crippen molar-refractivity contribution in [2.75, 3.05) is 5.32 Å². The van der Waals surface area contributed by atoms with Gasteiger partial charge in [-0.15, -0.1) is 0 Å². The smallest absolute Gasteiger partial charge is 0.255 e. The molecule has 0 saturated carbocycles. The van der Waals surface area contributed by atoms with Crippen LogP contribution < -0.4 is 5.32 Å². The van der Waals surface area contributed by atoms with Crippen LogP contribution in [0, 0.1) is 11.6 Å². The van der Waals surface area contributed by atoms with E-state index in [2.05, 4.69) is 21.2 Å². The molecule has 1 N–H and O–H groups in total. The largest absolute Gasteiger partial charge is 0.319 e. The lowest BCUT2D eigenvalue weighted by molar-refractivity contribution is 0.102. The highest BCUT2D eigenvalue weighted by atomic mass is 79.9. The lowest BCUT2D eigenvalue weighted by Gasteiger charge is -2.07. The number of halogens is 4. The number of hydrogen-bond donors (Lipinski definition) is 1. The van der Waals surface area contributed by atoms with E-state index in [4.69, 9.17) is 11.6 Å². The minimum absolute atomic E-state index is 0.218. The van der Waals surface area contributed by atoms with Gasteiger partial charge in [0, 0.05) is 16.1 Å². The van der Waals surface area contributed by atoms with Crippen LogP contribution in [0.25, 0.3) is 0 Å². The molecule has 0 aliphatic rings. The SMILES string of the molecule is O=C(Nc1cc(F)ccc1F)c1ccc(Br)c(Cl)c1. The predicted octanol–water partition coefficient (Wildman–Crippen LogP) is 4.63. The maximum absolute atomic E-state index is 13.4. The first kappa shape index (κ1) is 14.0. The molecule has 19 heavy (non-hydrogen) atoms. The first-order valence-corrected chi connectivity index (χ1v) is 6.36. The second-order valence-electron chi connectivity index (χ2n) is 3.71. The Kier molecular flexibility index (Phi) is 4.17. The summed E-state index contributed by atoms with van der Waals surface area (Å²) in [6.45, 7) is 0. The molecule has 0 unspecified atom stereocenters. The molecule has 0 heterocycles. The van der Waals surface area contributed by atoms with Crippen LogP contribution in [0.5, 0.6) is 0 Å². The molecule has 0 aliphatic heterocycles. The summed E-state index contributed by atoms with van der Waals surface area (Å²) in [5.74, 6) is -1.91. The minimum atomic E-state index is -0.710. The average molecular weight is 347 g/mol. The minimum Gasteiger partial charge on any atom is -0.319 e. The molecule has 0 atom stereocenters. The average Bonchev–Trinajstić information content (AvgIpc) is 2.37. The van der Waals surface area contributed by atoms with Crippen LogP contribution in [0.15, 0.2) is 40.9 Å². The van der Waals surface area contributed by atoms with Crippen molar-refractivity contribution in [1.82, 2.24) is 0 Å². The van der Waals surface area contributed by atoms with E-state index in [1.807, 2.05) is 0 Å².